The Labute approximate surface area is 82.7 Å². The van der Waals surface area contributed by atoms with Crippen LogP contribution >= 0.6 is 0 Å². The second-order valence-corrected chi connectivity index (χ2v) is 3.53. The van der Waals surface area contributed by atoms with Crippen LogP contribution in [0.2, 0.25) is 0 Å². The lowest BCUT2D eigenvalue weighted by atomic mass is 10.0. The summed E-state index contributed by atoms with van der Waals surface area (Å²) in [4.78, 5) is 15.5. The summed E-state index contributed by atoms with van der Waals surface area (Å²) in [5.41, 5.74) is 0.962. The molecule has 2 rings (SSSR count). The van der Waals surface area contributed by atoms with Gasteiger partial charge in [-0.1, -0.05) is 0 Å². The van der Waals surface area contributed by atoms with Gasteiger partial charge in [-0.2, -0.15) is 0 Å². The van der Waals surface area contributed by atoms with Gasteiger partial charge in [-0.25, -0.2) is 0 Å². The average molecular weight is 191 g/mol. The number of hydrogen-bond acceptors (Lipinski definition) is 3. The summed E-state index contributed by atoms with van der Waals surface area (Å²) in [7, 11) is 0. The first kappa shape index (κ1) is 9.15. The van der Waals surface area contributed by atoms with E-state index in [1.165, 1.54) is 0 Å². The van der Waals surface area contributed by atoms with Crippen molar-refractivity contribution in [2.75, 3.05) is 6.54 Å². The third-order valence-corrected chi connectivity index (χ3v) is 2.32. The molecule has 1 aromatic rings. The van der Waals surface area contributed by atoms with E-state index in [0.29, 0.717) is 0 Å². The Kier molecular flexibility index (Phi) is 2.45. The Balaban J connectivity index is 2.16. The van der Waals surface area contributed by atoms with Gasteiger partial charge in [0, 0.05) is 25.0 Å². The average Bonchev–Trinajstić information content (AvgIpc) is 2.19. The summed E-state index contributed by atoms with van der Waals surface area (Å²) in [5.74, 6) is 0.0370. The number of piperazine rings is 1. The quantitative estimate of drug-likeness (QED) is 0.668. The van der Waals surface area contributed by atoms with Gasteiger partial charge in [0.05, 0.1) is 0 Å². The van der Waals surface area contributed by atoms with Crippen LogP contribution in [0.15, 0.2) is 24.5 Å². The summed E-state index contributed by atoms with van der Waals surface area (Å²) in [6.07, 6.45) is 3.39. The van der Waals surface area contributed by atoms with E-state index in [-0.39, 0.29) is 18.0 Å². The standard InChI is InChI=1S/C10H13N3O/c1-7-6-12-9(10(14)13-7)8-2-4-11-5-3-8/h2-5,7,9,12H,6H2,1H3,(H,13,14). The molecule has 1 amide bonds. The number of rotatable bonds is 1. The van der Waals surface area contributed by atoms with E-state index in [2.05, 4.69) is 15.6 Å². The molecule has 0 aromatic carbocycles. The molecule has 1 saturated heterocycles. The van der Waals surface area contributed by atoms with E-state index in [4.69, 9.17) is 0 Å². The molecule has 2 unspecified atom stereocenters. The molecule has 0 saturated carbocycles. The maximum atomic E-state index is 11.6. The number of amides is 1. The molecule has 2 heterocycles. The highest BCUT2D eigenvalue weighted by Gasteiger charge is 2.25. The van der Waals surface area contributed by atoms with Crippen molar-refractivity contribution in [3.05, 3.63) is 30.1 Å². The number of hydrogen-bond donors (Lipinski definition) is 2. The Morgan fingerprint density at radius 2 is 2.14 bits per heavy atom. The van der Waals surface area contributed by atoms with Crippen LogP contribution in [0.3, 0.4) is 0 Å². The molecule has 2 atom stereocenters. The second kappa shape index (κ2) is 3.75. The SMILES string of the molecule is CC1CNC(c2ccncc2)C(=O)N1. The van der Waals surface area contributed by atoms with Crippen LogP contribution in [0, 0.1) is 0 Å². The van der Waals surface area contributed by atoms with Crippen molar-refractivity contribution in [3.63, 3.8) is 0 Å². The lowest BCUT2D eigenvalue weighted by Gasteiger charge is -2.28. The van der Waals surface area contributed by atoms with Crippen LogP contribution in [-0.2, 0) is 4.79 Å². The van der Waals surface area contributed by atoms with Gasteiger partial charge in [-0.05, 0) is 24.6 Å². The Hall–Kier alpha value is -1.42. The third kappa shape index (κ3) is 1.75. The zero-order valence-corrected chi connectivity index (χ0v) is 8.03. The van der Waals surface area contributed by atoms with E-state index in [0.717, 1.165) is 12.1 Å². The van der Waals surface area contributed by atoms with E-state index in [9.17, 15) is 4.79 Å². The fraction of sp³-hybridized carbons (Fsp3) is 0.400. The van der Waals surface area contributed by atoms with Crippen LogP contribution in [0.1, 0.15) is 18.5 Å². The zero-order chi connectivity index (χ0) is 9.97. The van der Waals surface area contributed by atoms with Gasteiger partial charge in [-0.3, -0.25) is 9.78 Å². The summed E-state index contributed by atoms with van der Waals surface area (Å²) in [6.45, 7) is 2.78. The van der Waals surface area contributed by atoms with Gasteiger partial charge in [0.15, 0.2) is 0 Å². The molecule has 1 fully saturated rings. The molecule has 0 radical (unpaired) electrons. The van der Waals surface area contributed by atoms with Crippen molar-refractivity contribution >= 4 is 5.91 Å². The Bertz CT molecular complexity index is 325. The molecular weight excluding hydrogens is 178 g/mol. The molecule has 0 spiro atoms. The maximum absolute atomic E-state index is 11.6. The second-order valence-electron chi connectivity index (χ2n) is 3.53. The molecule has 4 heteroatoms. The van der Waals surface area contributed by atoms with Crippen molar-refractivity contribution in [3.8, 4) is 0 Å². The summed E-state index contributed by atoms with van der Waals surface area (Å²) in [5, 5.41) is 6.10. The minimum absolute atomic E-state index is 0.0370. The molecule has 74 valence electrons. The van der Waals surface area contributed by atoms with Crippen molar-refractivity contribution < 1.29 is 4.79 Å². The monoisotopic (exact) mass is 191 g/mol. The molecule has 0 bridgehead atoms. The van der Waals surface area contributed by atoms with E-state index in [1.807, 2.05) is 19.1 Å². The zero-order valence-electron chi connectivity index (χ0n) is 8.03. The number of carbonyl (C=O) groups is 1. The van der Waals surface area contributed by atoms with Gasteiger partial charge < -0.3 is 10.6 Å². The summed E-state index contributed by atoms with van der Waals surface area (Å²) < 4.78 is 0. The van der Waals surface area contributed by atoms with Crippen molar-refractivity contribution in [2.24, 2.45) is 0 Å². The first-order chi connectivity index (χ1) is 6.77. The number of nitrogens with one attached hydrogen (secondary N) is 2. The normalized spacial score (nSPS) is 27.1. The van der Waals surface area contributed by atoms with E-state index < -0.39 is 0 Å². The molecule has 14 heavy (non-hydrogen) atoms. The molecule has 1 aliphatic rings. The number of pyridine rings is 1. The van der Waals surface area contributed by atoms with Crippen LogP contribution in [0.25, 0.3) is 0 Å². The first-order valence-electron chi connectivity index (χ1n) is 4.71. The van der Waals surface area contributed by atoms with E-state index in [1.54, 1.807) is 12.4 Å². The highest BCUT2D eigenvalue weighted by molar-refractivity contribution is 5.84. The minimum Gasteiger partial charge on any atom is -0.351 e. The molecular formula is C10H13N3O. The van der Waals surface area contributed by atoms with Crippen molar-refractivity contribution in [1.29, 1.82) is 0 Å². The number of nitrogens with zero attached hydrogens (tertiary/aromatic N) is 1. The lowest BCUT2D eigenvalue weighted by molar-refractivity contribution is -0.125. The van der Waals surface area contributed by atoms with Gasteiger partial charge >= 0.3 is 0 Å². The van der Waals surface area contributed by atoms with Gasteiger partial charge in [0.25, 0.3) is 0 Å². The van der Waals surface area contributed by atoms with Crippen LogP contribution in [-0.4, -0.2) is 23.5 Å². The maximum Gasteiger partial charge on any atom is 0.241 e. The molecule has 0 aliphatic carbocycles. The van der Waals surface area contributed by atoms with Crippen LogP contribution in [0.4, 0.5) is 0 Å². The molecule has 2 N–H and O–H groups in total. The largest absolute Gasteiger partial charge is 0.351 e. The predicted octanol–water partition coefficient (Wildman–Crippen LogP) is 0.231. The Morgan fingerprint density at radius 3 is 2.79 bits per heavy atom. The molecule has 1 aliphatic heterocycles. The van der Waals surface area contributed by atoms with Crippen LogP contribution < -0.4 is 10.6 Å². The van der Waals surface area contributed by atoms with Crippen molar-refractivity contribution in [2.45, 2.75) is 19.0 Å². The van der Waals surface area contributed by atoms with Crippen LogP contribution in [0.5, 0.6) is 0 Å². The highest BCUT2D eigenvalue weighted by Crippen LogP contribution is 2.14. The highest BCUT2D eigenvalue weighted by atomic mass is 16.2. The number of aromatic nitrogens is 1. The van der Waals surface area contributed by atoms with Gasteiger partial charge in [-0.15, -0.1) is 0 Å². The molecule has 1 aromatic heterocycles. The first-order valence-corrected chi connectivity index (χ1v) is 4.71. The van der Waals surface area contributed by atoms with Crippen molar-refractivity contribution in [1.82, 2.24) is 15.6 Å². The predicted molar refractivity (Wildman–Crippen MR) is 52.6 cm³/mol. The third-order valence-electron chi connectivity index (χ3n) is 2.32. The van der Waals surface area contributed by atoms with E-state index >= 15 is 0 Å². The number of carbonyl (C=O) groups excluding carboxylic acids is 1. The summed E-state index contributed by atoms with van der Waals surface area (Å²) in [6, 6.07) is 3.69. The minimum atomic E-state index is -0.228. The molecule has 4 nitrogen and oxygen atoms in total. The topological polar surface area (TPSA) is 54.0 Å². The van der Waals surface area contributed by atoms with Gasteiger partial charge in [0.2, 0.25) is 5.91 Å². The lowest BCUT2D eigenvalue weighted by Crippen LogP contribution is -2.52. The Morgan fingerprint density at radius 1 is 1.43 bits per heavy atom. The summed E-state index contributed by atoms with van der Waals surface area (Å²) >= 11 is 0. The van der Waals surface area contributed by atoms with Gasteiger partial charge in [0.1, 0.15) is 6.04 Å². The fourth-order valence-electron chi connectivity index (χ4n) is 1.59. The smallest absolute Gasteiger partial charge is 0.241 e. The fourth-order valence-corrected chi connectivity index (χ4v) is 1.59.